The van der Waals surface area contributed by atoms with Crippen molar-refractivity contribution in [2.24, 2.45) is 0 Å². The molecule has 1 atom stereocenters. The molecule has 4 heteroatoms. The highest BCUT2D eigenvalue weighted by atomic mass is 15.1. The Hall–Kier alpha value is -1.16. The lowest BCUT2D eigenvalue weighted by Gasteiger charge is -2.25. The van der Waals surface area contributed by atoms with Crippen LogP contribution in [-0.2, 0) is 0 Å². The van der Waals surface area contributed by atoms with Gasteiger partial charge in [0.15, 0.2) is 0 Å². The third-order valence-corrected chi connectivity index (χ3v) is 3.19. The molecular weight excluding hydrogens is 212 g/mol. The first-order valence-electron chi connectivity index (χ1n) is 6.33. The van der Waals surface area contributed by atoms with E-state index in [1.807, 2.05) is 13.0 Å². The first-order valence-corrected chi connectivity index (χ1v) is 6.33. The van der Waals surface area contributed by atoms with Gasteiger partial charge in [-0.15, -0.1) is 0 Å². The fourth-order valence-electron chi connectivity index (χ4n) is 2.15. The molecule has 2 heterocycles. The van der Waals surface area contributed by atoms with Crippen LogP contribution in [0.15, 0.2) is 6.07 Å². The molecule has 94 valence electrons. The van der Waals surface area contributed by atoms with Gasteiger partial charge >= 0.3 is 0 Å². The summed E-state index contributed by atoms with van der Waals surface area (Å²) in [4.78, 5) is 9.06. The molecule has 2 rings (SSSR count). The molecule has 1 saturated heterocycles. The molecule has 1 unspecified atom stereocenters. The number of anilines is 1. The standard InChI is InChI=1S/C13H22N4/c1-9(2)12-15-10(3)7-11(16-12)17-13(4)5-6-14-8-13/h7,9,14H,5-6,8H2,1-4H3,(H,15,16,17). The van der Waals surface area contributed by atoms with Crippen molar-refractivity contribution in [2.75, 3.05) is 18.4 Å². The lowest BCUT2D eigenvalue weighted by Crippen LogP contribution is -2.37. The van der Waals surface area contributed by atoms with Gasteiger partial charge in [-0.1, -0.05) is 13.8 Å². The molecule has 0 saturated carbocycles. The molecule has 0 amide bonds. The Morgan fingerprint density at radius 3 is 2.76 bits per heavy atom. The van der Waals surface area contributed by atoms with Crippen LogP contribution in [-0.4, -0.2) is 28.6 Å². The highest BCUT2D eigenvalue weighted by molar-refractivity contribution is 5.39. The van der Waals surface area contributed by atoms with Crippen molar-refractivity contribution in [2.45, 2.75) is 45.6 Å². The van der Waals surface area contributed by atoms with Gasteiger partial charge in [0.2, 0.25) is 0 Å². The number of hydrogen-bond acceptors (Lipinski definition) is 4. The van der Waals surface area contributed by atoms with Crippen LogP contribution in [0.5, 0.6) is 0 Å². The van der Waals surface area contributed by atoms with Crippen LogP contribution < -0.4 is 10.6 Å². The zero-order valence-corrected chi connectivity index (χ0v) is 11.2. The average Bonchev–Trinajstić information content (AvgIpc) is 2.63. The first kappa shape index (κ1) is 12.3. The maximum Gasteiger partial charge on any atom is 0.133 e. The van der Waals surface area contributed by atoms with Crippen LogP contribution in [0.2, 0.25) is 0 Å². The maximum absolute atomic E-state index is 4.59. The predicted molar refractivity (Wildman–Crippen MR) is 70.4 cm³/mol. The SMILES string of the molecule is Cc1cc(NC2(C)CCNC2)nc(C(C)C)n1. The van der Waals surface area contributed by atoms with E-state index in [0.717, 1.165) is 36.8 Å². The van der Waals surface area contributed by atoms with Crippen molar-refractivity contribution >= 4 is 5.82 Å². The van der Waals surface area contributed by atoms with Gasteiger partial charge in [0.05, 0.1) is 0 Å². The molecule has 0 bridgehead atoms. The normalized spacial score (nSPS) is 24.3. The number of aromatic nitrogens is 2. The Kier molecular flexibility index (Phi) is 3.33. The smallest absolute Gasteiger partial charge is 0.133 e. The summed E-state index contributed by atoms with van der Waals surface area (Å²) in [6.07, 6.45) is 1.13. The Morgan fingerprint density at radius 1 is 1.41 bits per heavy atom. The van der Waals surface area contributed by atoms with Gasteiger partial charge in [0, 0.05) is 29.8 Å². The minimum Gasteiger partial charge on any atom is -0.363 e. The zero-order chi connectivity index (χ0) is 12.5. The van der Waals surface area contributed by atoms with E-state index in [1.165, 1.54) is 0 Å². The van der Waals surface area contributed by atoms with Gasteiger partial charge in [-0.05, 0) is 26.8 Å². The fourth-order valence-corrected chi connectivity index (χ4v) is 2.15. The Balaban J connectivity index is 2.20. The van der Waals surface area contributed by atoms with E-state index in [4.69, 9.17) is 0 Å². The molecule has 17 heavy (non-hydrogen) atoms. The quantitative estimate of drug-likeness (QED) is 0.840. The van der Waals surface area contributed by atoms with Crippen molar-refractivity contribution in [3.63, 3.8) is 0 Å². The lowest BCUT2D eigenvalue weighted by atomic mass is 10.0. The molecule has 0 radical (unpaired) electrons. The summed E-state index contributed by atoms with van der Waals surface area (Å²) in [7, 11) is 0. The summed E-state index contributed by atoms with van der Waals surface area (Å²) >= 11 is 0. The van der Waals surface area contributed by atoms with Crippen LogP contribution in [0.25, 0.3) is 0 Å². The summed E-state index contributed by atoms with van der Waals surface area (Å²) < 4.78 is 0. The van der Waals surface area contributed by atoms with Gasteiger partial charge in [-0.25, -0.2) is 9.97 Å². The third-order valence-electron chi connectivity index (χ3n) is 3.19. The van der Waals surface area contributed by atoms with E-state index in [1.54, 1.807) is 0 Å². The van der Waals surface area contributed by atoms with Crippen LogP contribution in [0.3, 0.4) is 0 Å². The highest BCUT2D eigenvalue weighted by Gasteiger charge is 2.28. The summed E-state index contributed by atoms with van der Waals surface area (Å²) in [5, 5.41) is 6.92. The molecule has 0 spiro atoms. The van der Waals surface area contributed by atoms with Gasteiger partial charge in [-0.2, -0.15) is 0 Å². The van der Waals surface area contributed by atoms with E-state index in [0.29, 0.717) is 5.92 Å². The molecule has 1 aromatic heterocycles. The Labute approximate surface area is 103 Å². The zero-order valence-electron chi connectivity index (χ0n) is 11.2. The maximum atomic E-state index is 4.59. The summed E-state index contributed by atoms with van der Waals surface area (Å²) in [6.45, 7) is 10.6. The molecule has 4 nitrogen and oxygen atoms in total. The van der Waals surface area contributed by atoms with Crippen LogP contribution in [0.4, 0.5) is 5.82 Å². The van der Waals surface area contributed by atoms with Crippen molar-refractivity contribution in [3.05, 3.63) is 17.6 Å². The van der Waals surface area contributed by atoms with Gasteiger partial charge in [-0.3, -0.25) is 0 Å². The monoisotopic (exact) mass is 234 g/mol. The van der Waals surface area contributed by atoms with Crippen molar-refractivity contribution in [3.8, 4) is 0 Å². The Bertz CT molecular complexity index is 394. The van der Waals surface area contributed by atoms with E-state index in [9.17, 15) is 0 Å². The van der Waals surface area contributed by atoms with Gasteiger partial charge in [0.25, 0.3) is 0 Å². The lowest BCUT2D eigenvalue weighted by molar-refractivity contribution is 0.562. The second-order valence-corrected chi connectivity index (χ2v) is 5.52. The predicted octanol–water partition coefficient (Wildman–Crippen LogP) is 2.07. The largest absolute Gasteiger partial charge is 0.363 e. The van der Waals surface area contributed by atoms with Crippen LogP contribution in [0, 0.1) is 6.92 Å². The number of hydrogen-bond donors (Lipinski definition) is 2. The van der Waals surface area contributed by atoms with E-state index >= 15 is 0 Å². The molecule has 1 aliphatic heterocycles. The molecule has 0 aliphatic carbocycles. The number of aryl methyl sites for hydroxylation is 1. The number of rotatable bonds is 3. The second-order valence-electron chi connectivity index (χ2n) is 5.52. The molecule has 1 aliphatic rings. The summed E-state index contributed by atoms with van der Waals surface area (Å²) in [6, 6.07) is 2.02. The molecule has 2 N–H and O–H groups in total. The van der Waals surface area contributed by atoms with E-state index in [-0.39, 0.29) is 5.54 Å². The first-order chi connectivity index (χ1) is 7.98. The second kappa shape index (κ2) is 4.61. The number of nitrogens with zero attached hydrogens (tertiary/aromatic N) is 2. The topological polar surface area (TPSA) is 49.8 Å². The van der Waals surface area contributed by atoms with E-state index < -0.39 is 0 Å². The van der Waals surface area contributed by atoms with Crippen molar-refractivity contribution in [1.29, 1.82) is 0 Å². The van der Waals surface area contributed by atoms with E-state index in [2.05, 4.69) is 41.4 Å². The molecule has 0 aromatic carbocycles. The Morgan fingerprint density at radius 2 is 2.18 bits per heavy atom. The number of nitrogens with one attached hydrogen (secondary N) is 2. The van der Waals surface area contributed by atoms with Crippen LogP contribution >= 0.6 is 0 Å². The highest BCUT2D eigenvalue weighted by Crippen LogP contribution is 2.21. The van der Waals surface area contributed by atoms with Crippen molar-refractivity contribution < 1.29 is 0 Å². The minimum atomic E-state index is 0.120. The molecule has 1 fully saturated rings. The van der Waals surface area contributed by atoms with Gasteiger partial charge in [0.1, 0.15) is 11.6 Å². The molecular formula is C13H22N4. The molecule has 1 aromatic rings. The summed E-state index contributed by atoms with van der Waals surface area (Å²) in [5.74, 6) is 2.24. The van der Waals surface area contributed by atoms with Crippen LogP contribution in [0.1, 0.15) is 44.6 Å². The minimum absolute atomic E-state index is 0.120. The average molecular weight is 234 g/mol. The van der Waals surface area contributed by atoms with Crippen molar-refractivity contribution in [1.82, 2.24) is 15.3 Å². The van der Waals surface area contributed by atoms with Gasteiger partial charge < -0.3 is 10.6 Å². The fraction of sp³-hybridized carbons (Fsp3) is 0.692. The summed E-state index contributed by atoms with van der Waals surface area (Å²) in [5.41, 5.74) is 1.15. The third kappa shape index (κ3) is 2.94.